The van der Waals surface area contributed by atoms with E-state index < -0.39 is 11.9 Å². The van der Waals surface area contributed by atoms with E-state index in [9.17, 15) is 14.4 Å². The van der Waals surface area contributed by atoms with Gasteiger partial charge in [0, 0.05) is 0 Å². The van der Waals surface area contributed by atoms with Crippen LogP contribution in [0.2, 0.25) is 0 Å². The smallest absolute Gasteiger partial charge is 0.333 e. The van der Waals surface area contributed by atoms with Gasteiger partial charge < -0.3 is 14.2 Å². The number of aromatic nitrogens is 1. The molecule has 0 unspecified atom stereocenters. The number of ether oxygens (including phenoxy) is 3. The van der Waals surface area contributed by atoms with Crippen LogP contribution in [0, 0.1) is 0 Å². The summed E-state index contributed by atoms with van der Waals surface area (Å²) in [5, 5.41) is 0. The number of rotatable bonds is 6. The van der Waals surface area contributed by atoms with Gasteiger partial charge in [0.05, 0.1) is 31.4 Å². The molecule has 1 aromatic heterocycles. The SMILES string of the molecule is CCOC(=O)/C=c1\s/c(=C\c2ccc(OC)cc2)c(=O)n1CC(=O)OC. The van der Waals surface area contributed by atoms with Crippen LogP contribution in [0.5, 0.6) is 5.75 Å². The first-order valence-corrected chi connectivity index (χ1v) is 8.60. The molecule has 8 heteroatoms. The molecule has 0 atom stereocenters. The Morgan fingerprint density at radius 3 is 2.46 bits per heavy atom. The van der Waals surface area contributed by atoms with Crippen molar-refractivity contribution in [2.45, 2.75) is 13.5 Å². The molecule has 0 N–H and O–H groups in total. The molecule has 0 saturated carbocycles. The number of esters is 2. The molecule has 0 radical (unpaired) electrons. The summed E-state index contributed by atoms with van der Waals surface area (Å²) in [5.41, 5.74) is 0.406. The molecule has 2 aromatic rings. The highest BCUT2D eigenvalue weighted by molar-refractivity contribution is 7.07. The zero-order chi connectivity index (χ0) is 19.1. The molecule has 26 heavy (non-hydrogen) atoms. The van der Waals surface area contributed by atoms with Gasteiger partial charge in [-0.25, -0.2) is 4.79 Å². The van der Waals surface area contributed by atoms with Crippen molar-refractivity contribution in [1.82, 2.24) is 4.57 Å². The van der Waals surface area contributed by atoms with Crippen molar-refractivity contribution in [1.29, 1.82) is 0 Å². The fraction of sp³-hybridized carbons (Fsp3) is 0.278. The molecule has 0 spiro atoms. The molecular formula is C18H19NO6S. The molecule has 0 bridgehead atoms. The number of thiazole rings is 1. The highest BCUT2D eigenvalue weighted by Crippen LogP contribution is 2.11. The summed E-state index contributed by atoms with van der Waals surface area (Å²) in [4.78, 5) is 36.0. The van der Waals surface area contributed by atoms with Crippen LogP contribution >= 0.6 is 11.3 Å². The van der Waals surface area contributed by atoms with Gasteiger partial charge in [0.2, 0.25) is 0 Å². The molecule has 0 saturated heterocycles. The largest absolute Gasteiger partial charge is 0.497 e. The standard InChI is InChI=1S/C18H19NO6S/c1-4-25-16(20)10-15-19(11-17(21)24-3)18(22)14(26-15)9-12-5-7-13(23-2)8-6-12/h5-10H,4,11H2,1-3H3/b14-9-,15-10-. The molecule has 0 amide bonds. The van der Waals surface area contributed by atoms with Gasteiger partial charge in [-0.3, -0.25) is 14.2 Å². The average Bonchev–Trinajstić information content (AvgIpc) is 2.91. The van der Waals surface area contributed by atoms with Crippen LogP contribution in [-0.4, -0.2) is 37.3 Å². The summed E-state index contributed by atoms with van der Waals surface area (Å²) in [5.74, 6) is -0.462. The lowest BCUT2D eigenvalue weighted by molar-refractivity contribution is -0.141. The van der Waals surface area contributed by atoms with E-state index in [1.54, 1.807) is 44.4 Å². The van der Waals surface area contributed by atoms with Crippen molar-refractivity contribution in [3.63, 3.8) is 0 Å². The second-order valence-electron chi connectivity index (χ2n) is 5.09. The third-order valence-electron chi connectivity index (χ3n) is 3.39. The second-order valence-corrected chi connectivity index (χ2v) is 6.15. The van der Waals surface area contributed by atoms with Gasteiger partial charge in [-0.2, -0.15) is 0 Å². The van der Waals surface area contributed by atoms with Crippen LogP contribution in [-0.2, 0) is 25.6 Å². The Labute approximate surface area is 153 Å². The molecule has 0 aliphatic carbocycles. The van der Waals surface area contributed by atoms with Crippen LogP contribution in [0.1, 0.15) is 12.5 Å². The van der Waals surface area contributed by atoms with Gasteiger partial charge in [0.1, 0.15) is 17.0 Å². The predicted octanol–water partition coefficient (Wildman–Crippen LogP) is 0.264. The minimum absolute atomic E-state index is 0.215. The van der Waals surface area contributed by atoms with E-state index in [1.807, 2.05) is 0 Å². The van der Waals surface area contributed by atoms with E-state index in [0.717, 1.165) is 16.9 Å². The fourth-order valence-corrected chi connectivity index (χ4v) is 3.15. The number of hydrogen-bond acceptors (Lipinski definition) is 7. The first-order chi connectivity index (χ1) is 12.5. The van der Waals surface area contributed by atoms with E-state index in [1.165, 1.54) is 17.8 Å². The zero-order valence-electron chi connectivity index (χ0n) is 14.7. The summed E-state index contributed by atoms with van der Waals surface area (Å²) >= 11 is 1.10. The van der Waals surface area contributed by atoms with Gasteiger partial charge in [-0.15, -0.1) is 11.3 Å². The van der Waals surface area contributed by atoms with E-state index >= 15 is 0 Å². The predicted molar refractivity (Wildman–Crippen MR) is 97.5 cm³/mol. The maximum absolute atomic E-state index is 12.6. The van der Waals surface area contributed by atoms with Crippen molar-refractivity contribution in [2.24, 2.45) is 0 Å². The maximum atomic E-state index is 12.6. The van der Waals surface area contributed by atoms with Gasteiger partial charge in [0.25, 0.3) is 5.56 Å². The number of benzene rings is 1. The van der Waals surface area contributed by atoms with Crippen LogP contribution < -0.4 is 19.5 Å². The van der Waals surface area contributed by atoms with Crippen LogP contribution in [0.3, 0.4) is 0 Å². The van der Waals surface area contributed by atoms with Gasteiger partial charge >= 0.3 is 11.9 Å². The Kier molecular flexibility index (Phi) is 6.74. The van der Waals surface area contributed by atoms with Crippen molar-refractivity contribution in [2.75, 3.05) is 20.8 Å². The Balaban J connectivity index is 2.56. The number of carbonyl (C=O) groups is 2. The lowest BCUT2D eigenvalue weighted by Gasteiger charge is -2.00. The zero-order valence-corrected chi connectivity index (χ0v) is 15.5. The van der Waals surface area contributed by atoms with Crippen molar-refractivity contribution >= 4 is 35.4 Å². The molecule has 1 aromatic carbocycles. The molecule has 0 aliphatic rings. The molecule has 0 fully saturated rings. The monoisotopic (exact) mass is 377 g/mol. The Morgan fingerprint density at radius 1 is 1.19 bits per heavy atom. The lowest BCUT2D eigenvalue weighted by Crippen LogP contribution is -2.34. The fourth-order valence-electron chi connectivity index (χ4n) is 2.12. The topological polar surface area (TPSA) is 83.8 Å². The van der Waals surface area contributed by atoms with E-state index in [2.05, 4.69) is 4.74 Å². The third-order valence-corrected chi connectivity index (χ3v) is 4.45. The quantitative estimate of drug-likeness (QED) is 0.672. The van der Waals surface area contributed by atoms with Gasteiger partial charge in [-0.05, 0) is 30.7 Å². The summed E-state index contributed by atoms with van der Waals surface area (Å²) in [6.07, 6.45) is 2.88. The van der Waals surface area contributed by atoms with Crippen LogP contribution in [0.25, 0.3) is 12.2 Å². The Bertz CT molecular complexity index is 955. The van der Waals surface area contributed by atoms with Crippen molar-refractivity contribution < 1.29 is 23.8 Å². The van der Waals surface area contributed by atoms with E-state index in [0.29, 0.717) is 14.9 Å². The molecule has 0 aliphatic heterocycles. The van der Waals surface area contributed by atoms with Crippen LogP contribution in [0.15, 0.2) is 29.1 Å². The molecular weight excluding hydrogens is 358 g/mol. The highest BCUT2D eigenvalue weighted by Gasteiger charge is 2.11. The van der Waals surface area contributed by atoms with Gasteiger partial charge in [-0.1, -0.05) is 12.1 Å². The first-order valence-electron chi connectivity index (χ1n) is 7.79. The molecule has 138 valence electrons. The maximum Gasteiger partial charge on any atom is 0.333 e. The highest BCUT2D eigenvalue weighted by atomic mass is 32.1. The van der Waals surface area contributed by atoms with E-state index in [4.69, 9.17) is 9.47 Å². The number of hydrogen-bond donors (Lipinski definition) is 0. The van der Waals surface area contributed by atoms with Crippen molar-refractivity contribution in [3.05, 3.63) is 49.4 Å². The minimum Gasteiger partial charge on any atom is -0.497 e. The normalized spacial score (nSPS) is 12.1. The minimum atomic E-state index is -0.584. The first kappa shape index (κ1) is 19.5. The van der Waals surface area contributed by atoms with Crippen LogP contribution in [0.4, 0.5) is 0 Å². The van der Waals surface area contributed by atoms with Crippen molar-refractivity contribution in [3.8, 4) is 5.75 Å². The lowest BCUT2D eigenvalue weighted by atomic mass is 10.2. The number of nitrogens with zero attached hydrogens (tertiary/aromatic N) is 1. The second kappa shape index (κ2) is 9.00. The molecule has 2 rings (SSSR count). The average molecular weight is 377 g/mol. The van der Waals surface area contributed by atoms with E-state index in [-0.39, 0.29) is 18.7 Å². The third kappa shape index (κ3) is 4.82. The summed E-state index contributed by atoms with van der Waals surface area (Å²) < 4.78 is 16.5. The Hall–Kier alpha value is -2.87. The Morgan fingerprint density at radius 2 is 1.88 bits per heavy atom. The summed E-state index contributed by atoms with van der Waals surface area (Å²) in [6, 6.07) is 7.16. The number of methoxy groups -OCH3 is 2. The molecule has 1 heterocycles. The molecule has 7 nitrogen and oxygen atoms in total. The van der Waals surface area contributed by atoms with Gasteiger partial charge in [0.15, 0.2) is 0 Å². The summed E-state index contributed by atoms with van der Waals surface area (Å²) in [7, 11) is 2.81. The summed E-state index contributed by atoms with van der Waals surface area (Å²) in [6.45, 7) is 1.62. The number of carbonyl (C=O) groups excluding carboxylic acids is 2.